The third-order valence-corrected chi connectivity index (χ3v) is 3.57. The Kier molecular flexibility index (Phi) is 3.25. The summed E-state index contributed by atoms with van der Waals surface area (Å²) in [4.78, 5) is 34.1. The van der Waals surface area contributed by atoms with E-state index in [9.17, 15) is 14.4 Å². The van der Waals surface area contributed by atoms with E-state index in [2.05, 4.69) is 10.6 Å². The minimum absolute atomic E-state index is 0.0737. The Bertz CT molecular complexity index is 397. The first-order valence-corrected chi connectivity index (χ1v) is 5.84. The van der Waals surface area contributed by atoms with Gasteiger partial charge >= 0.3 is 5.97 Å². The molecule has 100 valence electrons. The van der Waals surface area contributed by atoms with Crippen molar-refractivity contribution in [3.8, 4) is 0 Å². The van der Waals surface area contributed by atoms with E-state index in [1.807, 2.05) is 0 Å². The second-order valence-electron chi connectivity index (χ2n) is 4.96. The topological polar surface area (TPSA) is 105 Å². The Hall–Kier alpha value is -1.63. The molecule has 2 aliphatic rings. The second kappa shape index (κ2) is 4.56. The Morgan fingerprint density at radius 3 is 2.83 bits per heavy atom. The highest BCUT2D eigenvalue weighted by atomic mass is 16.5. The lowest BCUT2D eigenvalue weighted by atomic mass is 9.85. The predicted octanol–water partition coefficient (Wildman–Crippen LogP) is -1.13. The van der Waals surface area contributed by atoms with Gasteiger partial charge in [0.1, 0.15) is 11.5 Å². The van der Waals surface area contributed by atoms with Crippen molar-refractivity contribution in [3.63, 3.8) is 0 Å². The van der Waals surface area contributed by atoms with Crippen LogP contribution in [-0.2, 0) is 19.1 Å². The number of hydrogen-bond acceptors (Lipinski definition) is 4. The fraction of sp³-hybridized carbons (Fsp3) is 0.727. The molecule has 0 saturated carbocycles. The quantitative estimate of drug-likeness (QED) is 0.592. The zero-order chi connectivity index (χ0) is 13.3. The molecule has 2 heterocycles. The van der Waals surface area contributed by atoms with Crippen LogP contribution in [0.1, 0.15) is 19.8 Å². The molecule has 0 radical (unpaired) electrons. The molecule has 2 aliphatic heterocycles. The molecule has 0 aromatic carbocycles. The van der Waals surface area contributed by atoms with Crippen LogP contribution < -0.4 is 10.6 Å². The minimum Gasteiger partial charge on any atom is -0.481 e. The van der Waals surface area contributed by atoms with Gasteiger partial charge in [0.05, 0.1) is 19.3 Å². The molecular formula is C11H16N2O5. The van der Waals surface area contributed by atoms with E-state index in [0.29, 0.717) is 12.8 Å². The molecule has 7 heteroatoms. The van der Waals surface area contributed by atoms with Gasteiger partial charge in [0, 0.05) is 6.42 Å². The molecule has 2 fully saturated rings. The van der Waals surface area contributed by atoms with Crippen molar-refractivity contribution in [2.45, 2.75) is 31.8 Å². The van der Waals surface area contributed by atoms with Crippen LogP contribution >= 0.6 is 0 Å². The Labute approximate surface area is 104 Å². The highest BCUT2D eigenvalue weighted by Crippen LogP contribution is 2.28. The minimum atomic E-state index is -1.11. The second-order valence-corrected chi connectivity index (χ2v) is 4.96. The lowest BCUT2D eigenvalue weighted by Gasteiger charge is -2.26. The highest BCUT2D eigenvalue weighted by molar-refractivity contribution is 5.91. The van der Waals surface area contributed by atoms with Crippen LogP contribution in [0.4, 0.5) is 0 Å². The van der Waals surface area contributed by atoms with E-state index >= 15 is 0 Å². The molecule has 0 spiro atoms. The van der Waals surface area contributed by atoms with Gasteiger partial charge in [-0.15, -0.1) is 0 Å². The molecular weight excluding hydrogens is 240 g/mol. The summed E-state index contributed by atoms with van der Waals surface area (Å²) in [5.74, 6) is -1.50. The first kappa shape index (κ1) is 12.8. The third kappa shape index (κ3) is 2.17. The Balaban J connectivity index is 1.98. The van der Waals surface area contributed by atoms with Crippen molar-refractivity contribution in [1.29, 1.82) is 0 Å². The van der Waals surface area contributed by atoms with Crippen LogP contribution in [0, 0.1) is 5.41 Å². The number of carboxylic acid groups (broad SMARTS) is 1. The molecule has 7 nitrogen and oxygen atoms in total. The molecule has 18 heavy (non-hydrogen) atoms. The largest absolute Gasteiger partial charge is 0.481 e. The van der Waals surface area contributed by atoms with Crippen LogP contribution in [0.2, 0.25) is 0 Å². The van der Waals surface area contributed by atoms with E-state index in [-0.39, 0.29) is 25.0 Å². The number of aliphatic carboxylic acids is 1. The van der Waals surface area contributed by atoms with Crippen LogP contribution in [-0.4, -0.2) is 48.2 Å². The smallest absolute Gasteiger partial charge is 0.313 e. The number of carbonyl (C=O) groups excluding carboxylic acids is 2. The van der Waals surface area contributed by atoms with Crippen molar-refractivity contribution in [3.05, 3.63) is 0 Å². The average Bonchev–Trinajstić information content (AvgIpc) is 2.87. The molecule has 2 rings (SSSR count). The summed E-state index contributed by atoms with van der Waals surface area (Å²) < 4.78 is 5.14. The molecule has 2 saturated heterocycles. The van der Waals surface area contributed by atoms with E-state index in [1.165, 1.54) is 0 Å². The summed E-state index contributed by atoms with van der Waals surface area (Å²) >= 11 is 0. The molecule has 0 aromatic rings. The zero-order valence-electron chi connectivity index (χ0n) is 10.1. The number of rotatable bonds is 3. The molecule has 0 aromatic heterocycles. The van der Waals surface area contributed by atoms with E-state index in [4.69, 9.17) is 9.84 Å². The standard InChI is InChI=1S/C11H16N2O5/c1-11(10(16)17)5-18-4-7(11)13-9(15)6-2-3-8(14)12-6/h6-7H,2-5H2,1H3,(H,12,14)(H,13,15)(H,16,17). The third-order valence-electron chi connectivity index (χ3n) is 3.57. The fourth-order valence-corrected chi connectivity index (χ4v) is 2.17. The Morgan fingerprint density at radius 1 is 1.56 bits per heavy atom. The zero-order valence-corrected chi connectivity index (χ0v) is 10.1. The van der Waals surface area contributed by atoms with Crippen molar-refractivity contribution in [2.75, 3.05) is 13.2 Å². The lowest BCUT2D eigenvalue weighted by Crippen LogP contribution is -2.53. The number of ether oxygens (including phenoxy) is 1. The highest BCUT2D eigenvalue weighted by Gasteiger charge is 2.48. The summed E-state index contributed by atoms with van der Waals surface area (Å²) in [7, 11) is 0. The summed E-state index contributed by atoms with van der Waals surface area (Å²) in [6, 6.07) is -1.13. The molecule has 0 bridgehead atoms. The number of amides is 2. The maximum Gasteiger partial charge on any atom is 0.313 e. The number of carboxylic acids is 1. The first-order chi connectivity index (χ1) is 8.43. The van der Waals surface area contributed by atoms with Crippen molar-refractivity contribution >= 4 is 17.8 Å². The van der Waals surface area contributed by atoms with Crippen LogP contribution in [0.5, 0.6) is 0 Å². The number of carbonyl (C=O) groups is 3. The lowest BCUT2D eigenvalue weighted by molar-refractivity contribution is -0.149. The first-order valence-electron chi connectivity index (χ1n) is 5.84. The SMILES string of the molecule is CC1(C(=O)O)COCC1NC(=O)C1CCC(=O)N1. The van der Waals surface area contributed by atoms with Gasteiger partial charge < -0.3 is 20.5 Å². The fourth-order valence-electron chi connectivity index (χ4n) is 2.17. The van der Waals surface area contributed by atoms with Crippen molar-refractivity contribution in [1.82, 2.24) is 10.6 Å². The van der Waals surface area contributed by atoms with Crippen LogP contribution in [0.3, 0.4) is 0 Å². The van der Waals surface area contributed by atoms with Crippen LogP contribution in [0.15, 0.2) is 0 Å². The molecule has 0 aliphatic carbocycles. The maximum absolute atomic E-state index is 11.9. The van der Waals surface area contributed by atoms with Gasteiger partial charge in [-0.2, -0.15) is 0 Å². The van der Waals surface area contributed by atoms with Gasteiger partial charge in [-0.1, -0.05) is 0 Å². The van der Waals surface area contributed by atoms with Gasteiger partial charge in [-0.05, 0) is 13.3 Å². The van der Waals surface area contributed by atoms with Crippen LogP contribution in [0.25, 0.3) is 0 Å². The predicted molar refractivity (Wildman–Crippen MR) is 59.7 cm³/mol. The van der Waals surface area contributed by atoms with Gasteiger partial charge in [0.25, 0.3) is 0 Å². The summed E-state index contributed by atoms with van der Waals surface area (Å²) in [6.45, 7) is 1.79. The number of hydrogen-bond donors (Lipinski definition) is 3. The van der Waals surface area contributed by atoms with E-state index < -0.39 is 23.5 Å². The van der Waals surface area contributed by atoms with Gasteiger partial charge in [0.15, 0.2) is 0 Å². The van der Waals surface area contributed by atoms with Gasteiger partial charge in [-0.3, -0.25) is 14.4 Å². The van der Waals surface area contributed by atoms with Gasteiger partial charge in [0.2, 0.25) is 11.8 Å². The molecule has 3 unspecified atom stereocenters. The average molecular weight is 256 g/mol. The van der Waals surface area contributed by atoms with Crippen molar-refractivity contribution < 1.29 is 24.2 Å². The Morgan fingerprint density at radius 2 is 2.28 bits per heavy atom. The number of nitrogens with one attached hydrogen (secondary N) is 2. The van der Waals surface area contributed by atoms with E-state index in [0.717, 1.165) is 0 Å². The molecule has 3 N–H and O–H groups in total. The molecule has 3 atom stereocenters. The summed E-state index contributed by atoms with van der Waals surface area (Å²) in [5.41, 5.74) is -1.11. The normalized spacial score (nSPS) is 35.3. The monoisotopic (exact) mass is 256 g/mol. The van der Waals surface area contributed by atoms with Gasteiger partial charge in [-0.25, -0.2) is 0 Å². The van der Waals surface area contributed by atoms with E-state index in [1.54, 1.807) is 6.92 Å². The summed E-state index contributed by atoms with van der Waals surface area (Å²) in [6.07, 6.45) is 0.775. The summed E-state index contributed by atoms with van der Waals surface area (Å²) in [5, 5.41) is 14.4. The van der Waals surface area contributed by atoms with Crippen molar-refractivity contribution in [2.24, 2.45) is 5.41 Å². The molecule has 2 amide bonds. The maximum atomic E-state index is 11.9.